The maximum absolute atomic E-state index is 10.2. The molecule has 1 aliphatic carbocycles. The molecule has 1 saturated carbocycles. The Bertz CT molecular complexity index is 802. The minimum absolute atomic E-state index is 0.109. The summed E-state index contributed by atoms with van der Waals surface area (Å²) in [4.78, 5) is 12.9. The number of pyridine rings is 1. The van der Waals surface area contributed by atoms with E-state index in [0.29, 0.717) is 28.5 Å². The highest BCUT2D eigenvalue weighted by molar-refractivity contribution is 6.28. The summed E-state index contributed by atoms with van der Waals surface area (Å²) in [6.45, 7) is -0.376. The molecule has 0 bridgehead atoms. The van der Waals surface area contributed by atoms with Crippen LogP contribution in [0.15, 0.2) is 12.3 Å². The van der Waals surface area contributed by atoms with Gasteiger partial charge in [-0.2, -0.15) is 4.98 Å². The summed E-state index contributed by atoms with van der Waals surface area (Å²) in [7, 11) is 0. The van der Waals surface area contributed by atoms with Crippen LogP contribution in [0.25, 0.3) is 11.0 Å². The van der Waals surface area contributed by atoms with Crippen LogP contribution in [-0.4, -0.2) is 61.2 Å². The van der Waals surface area contributed by atoms with Gasteiger partial charge in [-0.15, -0.1) is 0 Å². The predicted molar refractivity (Wildman–Crippen MR) is 94.9 cm³/mol. The first-order chi connectivity index (χ1) is 12.6. The van der Waals surface area contributed by atoms with Crippen LogP contribution in [0.2, 0.25) is 5.28 Å². The first-order valence-corrected chi connectivity index (χ1v) is 9.17. The quantitative estimate of drug-likeness (QED) is 0.584. The number of ether oxygens (including phenoxy) is 1. The normalized spacial score (nSPS) is 29.5. The summed E-state index contributed by atoms with van der Waals surface area (Å²) in [6, 6.07) is 2.07. The van der Waals surface area contributed by atoms with Crippen molar-refractivity contribution in [1.29, 1.82) is 0 Å². The largest absolute Gasteiger partial charge is 0.394 e. The number of aliphatic hydroxyl groups excluding tert-OH is 3. The van der Waals surface area contributed by atoms with E-state index in [9.17, 15) is 15.3 Å². The van der Waals surface area contributed by atoms with Crippen molar-refractivity contribution in [3.05, 3.63) is 23.1 Å². The zero-order chi connectivity index (χ0) is 18.3. The van der Waals surface area contributed by atoms with Crippen molar-refractivity contribution in [1.82, 2.24) is 15.0 Å². The van der Waals surface area contributed by atoms with Gasteiger partial charge in [0.05, 0.1) is 12.1 Å². The van der Waals surface area contributed by atoms with Crippen LogP contribution in [0.5, 0.6) is 0 Å². The van der Waals surface area contributed by atoms with Gasteiger partial charge in [0.2, 0.25) is 5.28 Å². The van der Waals surface area contributed by atoms with Crippen LogP contribution >= 0.6 is 11.6 Å². The van der Waals surface area contributed by atoms with Crippen LogP contribution in [-0.2, 0) is 4.74 Å². The number of halogens is 1. The maximum Gasteiger partial charge on any atom is 0.225 e. The molecular weight excluding hydrogens is 360 g/mol. The van der Waals surface area contributed by atoms with E-state index in [1.54, 1.807) is 12.3 Å². The second-order valence-electron chi connectivity index (χ2n) is 6.86. The third-order valence-corrected chi connectivity index (χ3v) is 5.27. The summed E-state index contributed by atoms with van der Waals surface area (Å²) in [6.07, 6.45) is 2.19. The second kappa shape index (κ2) is 7.21. The lowest BCUT2D eigenvalue weighted by atomic mass is 10.0. The van der Waals surface area contributed by atoms with Gasteiger partial charge in [0.15, 0.2) is 5.82 Å². The molecule has 26 heavy (non-hydrogen) atoms. The Morgan fingerprint density at radius 1 is 1.19 bits per heavy atom. The predicted octanol–water partition coefficient (Wildman–Crippen LogP) is 1.19. The lowest BCUT2D eigenvalue weighted by Crippen LogP contribution is -2.32. The van der Waals surface area contributed by atoms with Gasteiger partial charge in [-0.25, -0.2) is 4.98 Å². The van der Waals surface area contributed by atoms with E-state index >= 15 is 0 Å². The molecule has 1 saturated heterocycles. The smallest absolute Gasteiger partial charge is 0.225 e. The maximum atomic E-state index is 10.2. The van der Waals surface area contributed by atoms with Gasteiger partial charge in [0, 0.05) is 17.8 Å². The average Bonchev–Trinajstić information content (AvgIpc) is 3.23. The molecule has 2 aromatic rings. The Morgan fingerprint density at radius 2 is 1.96 bits per heavy atom. The highest BCUT2D eigenvalue weighted by Crippen LogP contribution is 2.35. The number of fused-ring (bicyclic) bond motifs is 1. The highest BCUT2D eigenvalue weighted by atomic mass is 35.5. The van der Waals surface area contributed by atoms with Crippen molar-refractivity contribution in [2.75, 3.05) is 11.9 Å². The molecule has 4 rings (SSSR count). The van der Waals surface area contributed by atoms with Gasteiger partial charge >= 0.3 is 0 Å². The summed E-state index contributed by atoms with van der Waals surface area (Å²) >= 11 is 6.08. The van der Waals surface area contributed by atoms with Crippen molar-refractivity contribution >= 4 is 28.5 Å². The van der Waals surface area contributed by atoms with Crippen LogP contribution < -0.4 is 5.32 Å². The molecule has 1 aliphatic heterocycles. The molecule has 2 aliphatic rings. The lowest BCUT2D eigenvalue weighted by molar-refractivity contribution is -0.0228. The fourth-order valence-electron chi connectivity index (χ4n) is 3.70. The van der Waals surface area contributed by atoms with Gasteiger partial charge in [0.1, 0.15) is 29.9 Å². The molecule has 3 heterocycles. The van der Waals surface area contributed by atoms with E-state index in [1.807, 2.05) is 0 Å². The Morgan fingerprint density at radius 3 is 2.65 bits per heavy atom. The lowest BCUT2D eigenvalue weighted by Gasteiger charge is -2.17. The molecule has 2 aromatic heterocycles. The Labute approximate surface area is 155 Å². The average molecular weight is 381 g/mol. The SMILES string of the molecule is OC[C@H]1O[C@@H](c2cnc3c(NC4CCCC4)nc(Cl)nc3c2)[C@H](O)[C@@H]1O. The van der Waals surface area contributed by atoms with Crippen molar-refractivity contribution in [2.45, 2.75) is 56.1 Å². The van der Waals surface area contributed by atoms with Crippen molar-refractivity contribution < 1.29 is 20.1 Å². The number of aromatic nitrogens is 3. The Kier molecular flexibility index (Phi) is 4.94. The molecule has 0 radical (unpaired) electrons. The van der Waals surface area contributed by atoms with Gasteiger partial charge in [-0.05, 0) is 30.5 Å². The van der Waals surface area contributed by atoms with Gasteiger partial charge in [-0.1, -0.05) is 12.8 Å². The molecule has 4 atom stereocenters. The molecule has 8 nitrogen and oxygen atoms in total. The monoisotopic (exact) mass is 380 g/mol. The number of rotatable bonds is 4. The standard InChI is InChI=1S/C17H21ClN4O4/c18-17-21-10-5-8(15-14(25)13(24)11(7-23)26-15)6-19-12(10)16(22-17)20-9-3-1-2-4-9/h5-6,9,11,13-15,23-25H,1-4,7H2,(H,20,21,22)/t11-,13-,14-,15+/m1/s1. The minimum atomic E-state index is -1.16. The van der Waals surface area contributed by atoms with Crippen LogP contribution in [0, 0.1) is 0 Å². The zero-order valence-electron chi connectivity index (χ0n) is 14.0. The number of nitrogens with one attached hydrogen (secondary N) is 1. The fourth-order valence-corrected chi connectivity index (χ4v) is 3.88. The van der Waals surface area contributed by atoms with Crippen molar-refractivity contribution in [3.63, 3.8) is 0 Å². The van der Waals surface area contributed by atoms with Crippen molar-refractivity contribution in [2.24, 2.45) is 0 Å². The number of nitrogens with zero attached hydrogens (tertiary/aromatic N) is 3. The highest BCUT2D eigenvalue weighted by Gasteiger charge is 2.43. The molecule has 4 N–H and O–H groups in total. The number of anilines is 1. The van der Waals surface area contributed by atoms with Crippen LogP contribution in [0.1, 0.15) is 37.4 Å². The minimum Gasteiger partial charge on any atom is -0.394 e. The summed E-state index contributed by atoms with van der Waals surface area (Å²) in [5, 5.41) is 32.9. The van der Waals surface area contributed by atoms with E-state index < -0.39 is 24.4 Å². The molecular formula is C17H21ClN4O4. The molecule has 140 valence electrons. The first kappa shape index (κ1) is 17.8. The van der Waals surface area contributed by atoms with Gasteiger partial charge in [0.25, 0.3) is 0 Å². The summed E-state index contributed by atoms with van der Waals surface area (Å²) in [5.41, 5.74) is 1.68. The van der Waals surface area contributed by atoms with E-state index in [-0.39, 0.29) is 11.9 Å². The van der Waals surface area contributed by atoms with E-state index in [0.717, 1.165) is 12.8 Å². The van der Waals surface area contributed by atoms with E-state index in [4.69, 9.17) is 16.3 Å². The zero-order valence-corrected chi connectivity index (χ0v) is 14.8. The Hall–Kier alpha value is -1.58. The first-order valence-electron chi connectivity index (χ1n) is 8.79. The van der Waals surface area contributed by atoms with Gasteiger partial charge < -0.3 is 25.4 Å². The number of hydrogen-bond donors (Lipinski definition) is 4. The Balaban J connectivity index is 1.67. The second-order valence-corrected chi connectivity index (χ2v) is 7.20. The van der Waals surface area contributed by atoms with E-state index in [1.165, 1.54) is 12.8 Å². The third kappa shape index (κ3) is 3.23. The van der Waals surface area contributed by atoms with Crippen molar-refractivity contribution in [3.8, 4) is 0 Å². The number of hydrogen-bond acceptors (Lipinski definition) is 8. The molecule has 0 unspecified atom stereocenters. The van der Waals surface area contributed by atoms with Crippen LogP contribution in [0.4, 0.5) is 5.82 Å². The molecule has 0 amide bonds. The molecule has 2 fully saturated rings. The topological polar surface area (TPSA) is 121 Å². The molecule has 9 heteroatoms. The van der Waals surface area contributed by atoms with Gasteiger partial charge in [-0.3, -0.25) is 4.98 Å². The van der Waals surface area contributed by atoms with Crippen LogP contribution in [0.3, 0.4) is 0 Å². The number of aliphatic hydroxyl groups is 3. The molecule has 0 spiro atoms. The fraction of sp³-hybridized carbons (Fsp3) is 0.588. The van der Waals surface area contributed by atoms with E-state index in [2.05, 4.69) is 20.3 Å². The third-order valence-electron chi connectivity index (χ3n) is 5.10. The summed E-state index contributed by atoms with van der Waals surface area (Å²) in [5.74, 6) is 0.597. The molecule has 0 aromatic carbocycles. The summed E-state index contributed by atoms with van der Waals surface area (Å²) < 4.78 is 5.56.